The summed E-state index contributed by atoms with van der Waals surface area (Å²) in [5.41, 5.74) is 2.43. The van der Waals surface area contributed by atoms with Gasteiger partial charge < -0.3 is 4.90 Å². The summed E-state index contributed by atoms with van der Waals surface area (Å²) >= 11 is 1.75. The maximum atomic E-state index is 4.78. The van der Waals surface area contributed by atoms with Gasteiger partial charge in [0.2, 0.25) is 0 Å². The molecule has 3 nitrogen and oxygen atoms in total. The SMILES string of the molecule is CCN1CCN(Cc2csc(-c3ccccc3)n2)CC1. The molecule has 1 aromatic carbocycles. The highest BCUT2D eigenvalue weighted by molar-refractivity contribution is 7.13. The van der Waals surface area contributed by atoms with Crippen molar-refractivity contribution < 1.29 is 0 Å². The quantitative estimate of drug-likeness (QED) is 0.862. The van der Waals surface area contributed by atoms with E-state index in [-0.39, 0.29) is 0 Å². The summed E-state index contributed by atoms with van der Waals surface area (Å²) in [5.74, 6) is 0. The summed E-state index contributed by atoms with van der Waals surface area (Å²) in [6.45, 7) is 9.09. The van der Waals surface area contributed by atoms with Crippen molar-refractivity contribution in [2.45, 2.75) is 13.5 Å². The van der Waals surface area contributed by atoms with Gasteiger partial charge in [-0.2, -0.15) is 0 Å². The molecule has 2 aromatic rings. The van der Waals surface area contributed by atoms with Crippen LogP contribution in [0.4, 0.5) is 0 Å². The van der Waals surface area contributed by atoms with E-state index in [0.717, 1.165) is 24.6 Å². The Morgan fingerprint density at radius 1 is 1.05 bits per heavy atom. The van der Waals surface area contributed by atoms with E-state index >= 15 is 0 Å². The number of piperazine rings is 1. The van der Waals surface area contributed by atoms with E-state index in [2.05, 4.69) is 46.4 Å². The Kier molecular flexibility index (Phi) is 4.45. The maximum Gasteiger partial charge on any atom is 0.123 e. The summed E-state index contributed by atoms with van der Waals surface area (Å²) in [6.07, 6.45) is 0. The van der Waals surface area contributed by atoms with E-state index < -0.39 is 0 Å². The van der Waals surface area contributed by atoms with E-state index in [4.69, 9.17) is 4.98 Å². The molecule has 106 valence electrons. The van der Waals surface area contributed by atoms with Crippen LogP contribution in [-0.4, -0.2) is 47.5 Å². The lowest BCUT2D eigenvalue weighted by atomic mass is 10.2. The third kappa shape index (κ3) is 3.26. The Balaban J connectivity index is 1.61. The molecule has 0 unspecified atom stereocenters. The Morgan fingerprint density at radius 2 is 1.75 bits per heavy atom. The predicted molar refractivity (Wildman–Crippen MR) is 84.9 cm³/mol. The Hall–Kier alpha value is -1.23. The molecule has 0 amide bonds. The van der Waals surface area contributed by atoms with Crippen LogP contribution in [0.25, 0.3) is 10.6 Å². The lowest BCUT2D eigenvalue weighted by molar-refractivity contribution is 0.131. The minimum atomic E-state index is 0.987. The predicted octanol–water partition coefficient (Wildman–Crippen LogP) is 2.95. The Bertz CT molecular complexity index is 530. The van der Waals surface area contributed by atoms with Crippen molar-refractivity contribution in [2.24, 2.45) is 0 Å². The number of nitrogens with zero attached hydrogens (tertiary/aromatic N) is 3. The van der Waals surface area contributed by atoms with Gasteiger partial charge in [0, 0.05) is 43.7 Å². The molecule has 1 saturated heterocycles. The minimum Gasteiger partial charge on any atom is -0.301 e. The summed E-state index contributed by atoms with van der Waals surface area (Å²) < 4.78 is 0. The number of aromatic nitrogens is 1. The third-order valence-electron chi connectivity index (χ3n) is 3.87. The van der Waals surface area contributed by atoms with Crippen molar-refractivity contribution in [2.75, 3.05) is 32.7 Å². The number of hydrogen-bond donors (Lipinski definition) is 0. The molecule has 0 spiro atoms. The first-order valence-electron chi connectivity index (χ1n) is 7.29. The van der Waals surface area contributed by atoms with Gasteiger partial charge in [-0.25, -0.2) is 4.98 Å². The van der Waals surface area contributed by atoms with Crippen LogP contribution in [0, 0.1) is 0 Å². The molecule has 2 heterocycles. The van der Waals surface area contributed by atoms with Gasteiger partial charge in [-0.1, -0.05) is 37.3 Å². The van der Waals surface area contributed by atoms with Crippen molar-refractivity contribution in [3.8, 4) is 10.6 Å². The molecular formula is C16H21N3S. The van der Waals surface area contributed by atoms with E-state index in [1.807, 2.05) is 6.07 Å². The fraction of sp³-hybridized carbons (Fsp3) is 0.438. The van der Waals surface area contributed by atoms with Crippen LogP contribution >= 0.6 is 11.3 Å². The molecule has 1 fully saturated rings. The zero-order valence-corrected chi connectivity index (χ0v) is 12.8. The average Bonchev–Trinajstić information content (AvgIpc) is 2.97. The van der Waals surface area contributed by atoms with E-state index in [1.54, 1.807) is 11.3 Å². The van der Waals surface area contributed by atoms with Crippen LogP contribution in [0.5, 0.6) is 0 Å². The number of likely N-dealkylation sites (N-methyl/N-ethyl adjacent to an activating group) is 1. The molecule has 20 heavy (non-hydrogen) atoms. The fourth-order valence-corrected chi connectivity index (χ4v) is 3.40. The lowest BCUT2D eigenvalue weighted by Gasteiger charge is -2.33. The van der Waals surface area contributed by atoms with Gasteiger partial charge in [0.25, 0.3) is 0 Å². The summed E-state index contributed by atoms with van der Waals surface area (Å²) in [4.78, 5) is 9.79. The summed E-state index contributed by atoms with van der Waals surface area (Å²) in [7, 11) is 0. The zero-order chi connectivity index (χ0) is 13.8. The second-order valence-corrected chi connectivity index (χ2v) is 6.08. The first-order valence-corrected chi connectivity index (χ1v) is 8.17. The Labute approximate surface area is 124 Å². The summed E-state index contributed by atoms with van der Waals surface area (Å²) in [5, 5.41) is 3.34. The fourth-order valence-electron chi connectivity index (χ4n) is 2.59. The van der Waals surface area contributed by atoms with Crippen LogP contribution in [-0.2, 0) is 6.54 Å². The van der Waals surface area contributed by atoms with E-state index in [9.17, 15) is 0 Å². The number of benzene rings is 1. The molecule has 1 aliphatic rings. The van der Waals surface area contributed by atoms with Gasteiger partial charge in [0.1, 0.15) is 5.01 Å². The van der Waals surface area contributed by atoms with Crippen LogP contribution in [0.2, 0.25) is 0 Å². The molecule has 1 aliphatic heterocycles. The normalized spacial score (nSPS) is 17.4. The number of rotatable bonds is 4. The monoisotopic (exact) mass is 287 g/mol. The second kappa shape index (κ2) is 6.48. The smallest absolute Gasteiger partial charge is 0.123 e. The Morgan fingerprint density at radius 3 is 2.45 bits per heavy atom. The van der Waals surface area contributed by atoms with Gasteiger partial charge >= 0.3 is 0 Å². The zero-order valence-electron chi connectivity index (χ0n) is 12.0. The molecule has 0 N–H and O–H groups in total. The number of thiazole rings is 1. The highest BCUT2D eigenvalue weighted by Gasteiger charge is 2.16. The van der Waals surface area contributed by atoms with Crippen LogP contribution in [0.15, 0.2) is 35.7 Å². The molecular weight excluding hydrogens is 266 g/mol. The van der Waals surface area contributed by atoms with Gasteiger partial charge in [0.05, 0.1) is 5.69 Å². The van der Waals surface area contributed by atoms with Gasteiger partial charge in [-0.15, -0.1) is 11.3 Å². The maximum absolute atomic E-state index is 4.78. The van der Waals surface area contributed by atoms with Crippen molar-refractivity contribution in [1.29, 1.82) is 0 Å². The van der Waals surface area contributed by atoms with Crippen molar-refractivity contribution in [3.63, 3.8) is 0 Å². The van der Waals surface area contributed by atoms with Gasteiger partial charge in [-0.05, 0) is 6.54 Å². The van der Waals surface area contributed by atoms with E-state index in [0.29, 0.717) is 0 Å². The first kappa shape index (κ1) is 13.7. The standard InChI is InChI=1S/C16H21N3S/c1-2-18-8-10-19(11-9-18)12-15-13-20-16(17-15)14-6-4-3-5-7-14/h3-7,13H,2,8-12H2,1H3. The molecule has 3 rings (SSSR count). The molecule has 0 atom stereocenters. The lowest BCUT2D eigenvalue weighted by Crippen LogP contribution is -2.45. The van der Waals surface area contributed by atoms with Gasteiger partial charge in [0.15, 0.2) is 0 Å². The van der Waals surface area contributed by atoms with Crippen LogP contribution in [0.3, 0.4) is 0 Å². The third-order valence-corrected chi connectivity index (χ3v) is 4.81. The molecule has 0 saturated carbocycles. The molecule has 4 heteroatoms. The highest BCUT2D eigenvalue weighted by Crippen LogP contribution is 2.24. The minimum absolute atomic E-state index is 0.987. The first-order chi connectivity index (χ1) is 9.85. The second-order valence-electron chi connectivity index (χ2n) is 5.22. The van der Waals surface area contributed by atoms with Crippen molar-refractivity contribution >= 4 is 11.3 Å². The highest BCUT2D eigenvalue weighted by atomic mass is 32.1. The average molecular weight is 287 g/mol. The van der Waals surface area contributed by atoms with Crippen LogP contribution < -0.4 is 0 Å². The largest absolute Gasteiger partial charge is 0.301 e. The molecule has 0 aliphatic carbocycles. The molecule has 0 bridgehead atoms. The molecule has 1 aromatic heterocycles. The van der Waals surface area contributed by atoms with Crippen molar-refractivity contribution in [1.82, 2.24) is 14.8 Å². The molecule has 0 radical (unpaired) electrons. The summed E-state index contributed by atoms with van der Waals surface area (Å²) in [6, 6.07) is 10.4. The van der Waals surface area contributed by atoms with Crippen LogP contribution in [0.1, 0.15) is 12.6 Å². The van der Waals surface area contributed by atoms with Crippen molar-refractivity contribution in [3.05, 3.63) is 41.4 Å². The van der Waals surface area contributed by atoms with E-state index in [1.165, 1.54) is 30.9 Å². The topological polar surface area (TPSA) is 19.4 Å². The number of hydrogen-bond acceptors (Lipinski definition) is 4. The van der Waals surface area contributed by atoms with Gasteiger partial charge in [-0.3, -0.25) is 4.90 Å².